The Morgan fingerprint density at radius 3 is 1.04 bits per heavy atom. The summed E-state index contributed by atoms with van der Waals surface area (Å²) in [7, 11) is -4.78. The van der Waals surface area contributed by atoms with E-state index in [9.17, 15) is 28.9 Å². The zero-order valence-corrected chi connectivity index (χ0v) is 49.5. The summed E-state index contributed by atoms with van der Waals surface area (Å²) in [6, 6.07) is 0. The van der Waals surface area contributed by atoms with E-state index in [1.807, 2.05) is 0 Å². The van der Waals surface area contributed by atoms with Gasteiger partial charge in [-0.25, -0.2) is 4.57 Å². The molecular weight excluding hydrogens is 1000 g/mol. The van der Waals surface area contributed by atoms with Crippen LogP contribution < -0.4 is 0 Å². The number of unbranched alkanes of at least 4 members (excludes halogenated alkanes) is 12. The summed E-state index contributed by atoms with van der Waals surface area (Å²) in [5.41, 5.74) is 0. The van der Waals surface area contributed by atoms with Crippen LogP contribution in [0.3, 0.4) is 0 Å². The summed E-state index contributed by atoms with van der Waals surface area (Å²) in [4.78, 5) is 48.6. The zero-order chi connectivity index (χ0) is 56.9. The van der Waals surface area contributed by atoms with Crippen molar-refractivity contribution in [1.29, 1.82) is 0 Å². The van der Waals surface area contributed by atoms with Crippen molar-refractivity contribution >= 4 is 25.7 Å². The third-order valence-electron chi connectivity index (χ3n) is 11.7. The van der Waals surface area contributed by atoms with Gasteiger partial charge in [0.2, 0.25) is 0 Å². The third kappa shape index (κ3) is 56.1. The van der Waals surface area contributed by atoms with Gasteiger partial charge in [-0.3, -0.25) is 23.4 Å². The van der Waals surface area contributed by atoms with Gasteiger partial charge < -0.3 is 24.2 Å². The van der Waals surface area contributed by atoms with Crippen molar-refractivity contribution in [1.82, 2.24) is 0 Å². The number of phosphoric ester groups is 1. The predicted molar refractivity (Wildman–Crippen MR) is 325 cm³/mol. The van der Waals surface area contributed by atoms with E-state index in [4.69, 9.17) is 23.3 Å². The van der Waals surface area contributed by atoms with E-state index in [1.54, 1.807) is 0 Å². The number of aliphatic hydroxyl groups excluding tert-OH is 1. The first-order valence-electron chi connectivity index (χ1n) is 29.7. The van der Waals surface area contributed by atoms with Crippen LogP contribution in [0.1, 0.15) is 213 Å². The molecule has 0 saturated heterocycles. The molecule has 78 heavy (non-hydrogen) atoms. The molecule has 0 amide bonds. The van der Waals surface area contributed by atoms with Gasteiger partial charge in [0.15, 0.2) is 6.10 Å². The molecule has 3 unspecified atom stereocenters. The quantitative estimate of drug-likeness (QED) is 0.0197. The van der Waals surface area contributed by atoms with Gasteiger partial charge in [-0.2, -0.15) is 0 Å². The van der Waals surface area contributed by atoms with Crippen LogP contribution in [0.5, 0.6) is 0 Å². The van der Waals surface area contributed by atoms with Crippen LogP contribution in [0.15, 0.2) is 146 Å². The predicted octanol–water partition coefficient (Wildman–Crippen LogP) is 17.9. The summed E-state index contributed by atoms with van der Waals surface area (Å²) in [5, 5.41) is 9.83. The maximum Gasteiger partial charge on any atom is 0.472 e. The number of aliphatic hydroxyl groups is 1. The van der Waals surface area contributed by atoms with Crippen LogP contribution in [0.2, 0.25) is 0 Å². The molecule has 0 aromatic rings. The molecule has 3 atom stereocenters. The van der Waals surface area contributed by atoms with Gasteiger partial charge in [-0.05, 0) is 135 Å². The monoisotopic (exact) mass is 1100 g/mol. The average Bonchev–Trinajstić information content (AvgIpc) is 3.43. The molecule has 11 nitrogen and oxygen atoms in total. The summed E-state index contributed by atoms with van der Waals surface area (Å²) < 4.78 is 39.5. The molecular formula is C66H105O11P. The summed E-state index contributed by atoms with van der Waals surface area (Å²) in [6.07, 6.45) is 75.2. The molecule has 0 radical (unpaired) electrons. The Kier molecular flexibility index (Phi) is 55.0. The molecule has 2 N–H and O–H groups in total. The maximum absolute atomic E-state index is 12.9. The number of rotatable bonds is 53. The molecule has 0 aliphatic rings. The molecule has 0 saturated carbocycles. The van der Waals surface area contributed by atoms with E-state index < -0.39 is 57.8 Å². The molecule has 0 aromatic carbocycles. The minimum Gasteiger partial charge on any atom is -0.462 e. The van der Waals surface area contributed by atoms with E-state index in [0.717, 1.165) is 154 Å². The maximum atomic E-state index is 12.9. The largest absolute Gasteiger partial charge is 0.472 e. The topological polar surface area (TPSA) is 155 Å². The van der Waals surface area contributed by atoms with E-state index >= 15 is 0 Å². The van der Waals surface area contributed by atoms with Crippen LogP contribution in [-0.4, -0.2) is 66.5 Å². The van der Waals surface area contributed by atoms with Crippen LogP contribution in [0, 0.1) is 0 Å². The molecule has 440 valence electrons. The van der Waals surface area contributed by atoms with Crippen molar-refractivity contribution in [3.8, 4) is 0 Å². The van der Waals surface area contributed by atoms with E-state index in [0.29, 0.717) is 19.3 Å². The van der Waals surface area contributed by atoms with Gasteiger partial charge in [0.25, 0.3) is 0 Å². The standard InChI is InChI=1S/C66H105O11P/c1-4-7-10-13-16-19-22-25-27-29-31-33-35-38-41-44-47-50-53-56-65(69)76-62(58-67)60-74-78(71,72)75-61-63(59-73-64(68)55-52-49-46-43-40-37-24-21-18-15-12-9-6-3)77-66(70)57-54-51-48-45-42-39-36-34-32-30-28-26-23-20-17-14-11-8-5-2/h7-8,10-12,15-17,19-21,24-28,31-34,38-39,41-42,62-63,67H,4-6,9,13-14,18,22-23,29-30,35-37,40,43-61H2,1-3H3,(H,71,72)/b10-7-,11-8-,15-12-,19-16-,20-17-,24-21-,27-25-,28-26-,33-31-,34-32-,41-38-,42-39-. The third-order valence-corrected chi connectivity index (χ3v) is 12.7. The fourth-order valence-corrected chi connectivity index (χ4v) is 8.05. The number of hydrogen-bond acceptors (Lipinski definition) is 10. The fraction of sp³-hybridized carbons (Fsp3) is 0.591. The Hall–Kier alpha value is -4.64. The first-order chi connectivity index (χ1) is 38.2. The molecule has 0 heterocycles. The second kappa shape index (κ2) is 58.5. The van der Waals surface area contributed by atoms with E-state index in [-0.39, 0.29) is 25.9 Å². The first kappa shape index (κ1) is 73.4. The molecule has 0 fully saturated rings. The minimum absolute atomic E-state index is 0.114. The average molecular weight is 1110 g/mol. The number of ether oxygens (including phenoxy) is 3. The SMILES string of the molecule is CC/C=C\C/C=C\C/C=C\C/C=C\C/C=C\CCCCCC(=O)OC(CO)COP(=O)(O)OCC(COC(=O)CCCCCCC/C=C\C/C=C\CCC)OC(=O)CCCCC/C=C\C/C=C\C/C=C\C/C=C\C/C=C\CC. The molecule has 0 aliphatic carbocycles. The van der Waals surface area contributed by atoms with Gasteiger partial charge in [0.05, 0.1) is 19.8 Å². The van der Waals surface area contributed by atoms with Crippen molar-refractivity contribution in [2.75, 3.05) is 26.4 Å². The highest BCUT2D eigenvalue weighted by Gasteiger charge is 2.28. The van der Waals surface area contributed by atoms with Crippen molar-refractivity contribution in [2.45, 2.75) is 226 Å². The van der Waals surface area contributed by atoms with Gasteiger partial charge in [0.1, 0.15) is 12.7 Å². The number of carbonyl (C=O) groups is 3. The molecule has 0 aromatic heterocycles. The molecule has 0 aliphatic heterocycles. The summed E-state index contributed by atoms with van der Waals surface area (Å²) in [6.45, 7) is 4.24. The smallest absolute Gasteiger partial charge is 0.462 e. The van der Waals surface area contributed by atoms with Crippen LogP contribution in [-0.2, 0) is 42.2 Å². The Morgan fingerprint density at radius 2 is 0.667 bits per heavy atom. The summed E-state index contributed by atoms with van der Waals surface area (Å²) in [5.74, 6) is -1.57. The van der Waals surface area contributed by atoms with E-state index in [2.05, 4.69) is 167 Å². The Morgan fingerprint density at radius 1 is 0.372 bits per heavy atom. The van der Waals surface area contributed by atoms with E-state index in [1.165, 1.54) is 0 Å². The number of hydrogen-bond donors (Lipinski definition) is 2. The molecule has 12 heteroatoms. The highest BCUT2D eigenvalue weighted by atomic mass is 31.2. The Labute approximate surface area is 473 Å². The van der Waals surface area contributed by atoms with Gasteiger partial charge in [0, 0.05) is 19.3 Å². The lowest BCUT2D eigenvalue weighted by molar-refractivity contribution is -0.161. The lowest BCUT2D eigenvalue weighted by Gasteiger charge is -2.21. The first-order valence-corrected chi connectivity index (χ1v) is 31.2. The Balaban J connectivity index is 4.82. The number of phosphoric acid groups is 1. The normalized spacial score (nSPS) is 14.4. The number of carbonyl (C=O) groups excluding carboxylic acids is 3. The second-order valence-corrected chi connectivity index (χ2v) is 20.5. The minimum atomic E-state index is -4.78. The zero-order valence-electron chi connectivity index (χ0n) is 48.6. The van der Waals surface area contributed by atoms with Crippen molar-refractivity contribution in [3.63, 3.8) is 0 Å². The van der Waals surface area contributed by atoms with Crippen LogP contribution >= 0.6 is 7.82 Å². The Bertz CT molecular complexity index is 1860. The fourth-order valence-electron chi connectivity index (χ4n) is 7.27. The van der Waals surface area contributed by atoms with Gasteiger partial charge in [-0.15, -0.1) is 0 Å². The lowest BCUT2D eigenvalue weighted by atomic mass is 10.1. The van der Waals surface area contributed by atoms with Crippen LogP contribution in [0.25, 0.3) is 0 Å². The molecule has 0 spiro atoms. The molecule has 0 rings (SSSR count). The summed E-state index contributed by atoms with van der Waals surface area (Å²) >= 11 is 0. The highest BCUT2D eigenvalue weighted by Crippen LogP contribution is 2.43. The molecule has 0 bridgehead atoms. The lowest BCUT2D eigenvalue weighted by Crippen LogP contribution is -2.30. The van der Waals surface area contributed by atoms with Gasteiger partial charge in [-0.1, -0.05) is 205 Å². The number of esters is 3. The highest BCUT2D eigenvalue weighted by molar-refractivity contribution is 7.47. The van der Waals surface area contributed by atoms with Gasteiger partial charge >= 0.3 is 25.7 Å². The van der Waals surface area contributed by atoms with Crippen molar-refractivity contribution in [3.05, 3.63) is 146 Å². The van der Waals surface area contributed by atoms with Crippen LogP contribution in [0.4, 0.5) is 0 Å². The van der Waals surface area contributed by atoms with Crippen molar-refractivity contribution < 1.29 is 52.2 Å². The van der Waals surface area contributed by atoms with Crippen molar-refractivity contribution in [2.24, 2.45) is 0 Å². The number of allylic oxidation sites excluding steroid dienone is 24. The second-order valence-electron chi connectivity index (χ2n) is 19.0.